The fourth-order valence-electron chi connectivity index (χ4n) is 2.30. The molecule has 2 rings (SSSR count). The molecule has 0 atom stereocenters. The average molecular weight is 362 g/mol. The van der Waals surface area contributed by atoms with Crippen LogP contribution in [0.3, 0.4) is 0 Å². The molecule has 2 amide bonds. The van der Waals surface area contributed by atoms with E-state index in [1.54, 1.807) is 12.6 Å². The third-order valence-electron chi connectivity index (χ3n) is 3.70. The van der Waals surface area contributed by atoms with Crippen LogP contribution in [0.25, 0.3) is 10.4 Å². The summed E-state index contributed by atoms with van der Waals surface area (Å²) in [6.07, 6.45) is 2.58. The smallest absolute Gasteiger partial charge is 0.261 e. The predicted octanol–water partition coefficient (Wildman–Crippen LogP) is 3.22. The van der Waals surface area contributed by atoms with Gasteiger partial charge in [-0.3, -0.25) is 14.8 Å². The monoisotopic (exact) mass is 362 g/mol. The molecule has 0 saturated carbocycles. The molecular weight excluding hydrogens is 340 g/mol. The van der Waals surface area contributed by atoms with Gasteiger partial charge in [-0.1, -0.05) is 6.42 Å². The number of rotatable bonds is 9. The van der Waals surface area contributed by atoms with Crippen molar-refractivity contribution in [3.8, 4) is 16.2 Å². The summed E-state index contributed by atoms with van der Waals surface area (Å²) in [6, 6.07) is 11.5. The van der Waals surface area contributed by atoms with Crippen LogP contribution in [0.4, 0.5) is 0 Å². The van der Waals surface area contributed by atoms with E-state index in [9.17, 15) is 9.59 Å². The topological polar surface area (TPSA) is 87.7 Å². The Morgan fingerprint density at radius 3 is 2.52 bits per heavy atom. The lowest BCUT2D eigenvalue weighted by atomic mass is 10.2. The van der Waals surface area contributed by atoms with Crippen LogP contribution in [0, 0.1) is 0 Å². The number of ether oxygens (including phenoxy) is 1. The molecule has 0 saturated heterocycles. The number of amides is 2. The van der Waals surface area contributed by atoms with Gasteiger partial charge in [-0.15, -0.1) is 11.3 Å². The summed E-state index contributed by atoms with van der Waals surface area (Å²) in [5, 5.41) is 11.3. The molecule has 1 aromatic carbocycles. The summed E-state index contributed by atoms with van der Waals surface area (Å²) >= 11 is 1.45. The zero-order valence-corrected chi connectivity index (χ0v) is 14.9. The molecule has 0 fully saturated rings. The second-order valence-electron chi connectivity index (χ2n) is 5.49. The van der Waals surface area contributed by atoms with Gasteiger partial charge in [0.25, 0.3) is 5.91 Å². The fraction of sp³-hybridized carbons (Fsp3) is 0.333. The number of unbranched alkanes of at least 4 members (excludes halogenated alkanes) is 2. The number of hydrogen-bond acceptors (Lipinski definition) is 5. The first-order valence-electron chi connectivity index (χ1n) is 8.09. The highest BCUT2D eigenvalue weighted by Crippen LogP contribution is 2.29. The number of nitrogens with one attached hydrogen (secondary N) is 2. The van der Waals surface area contributed by atoms with E-state index < -0.39 is 0 Å². The first-order valence-corrected chi connectivity index (χ1v) is 8.91. The second kappa shape index (κ2) is 9.80. The lowest BCUT2D eigenvalue weighted by molar-refractivity contribution is -0.129. The van der Waals surface area contributed by atoms with Crippen LogP contribution in [0.5, 0.6) is 5.75 Å². The molecule has 2 aromatic rings. The third-order valence-corrected chi connectivity index (χ3v) is 4.83. The zero-order chi connectivity index (χ0) is 18.1. The summed E-state index contributed by atoms with van der Waals surface area (Å²) in [5.74, 6) is 0.335. The molecule has 1 heterocycles. The lowest BCUT2D eigenvalue weighted by Gasteiger charge is -2.03. The van der Waals surface area contributed by atoms with Crippen molar-refractivity contribution in [2.75, 3.05) is 13.7 Å². The lowest BCUT2D eigenvalue weighted by Crippen LogP contribution is -2.23. The van der Waals surface area contributed by atoms with Crippen molar-refractivity contribution < 1.29 is 19.5 Å². The second-order valence-corrected chi connectivity index (χ2v) is 6.58. The van der Waals surface area contributed by atoms with E-state index in [0.717, 1.165) is 29.0 Å². The Bertz CT molecular complexity index is 697. The Kier molecular flexibility index (Phi) is 7.43. The Balaban J connectivity index is 1.77. The first-order chi connectivity index (χ1) is 12.1. The summed E-state index contributed by atoms with van der Waals surface area (Å²) < 4.78 is 5.14. The number of carbonyl (C=O) groups excluding carboxylic acids is 2. The average Bonchev–Trinajstić information content (AvgIpc) is 3.14. The maximum atomic E-state index is 12.2. The van der Waals surface area contributed by atoms with Crippen LogP contribution in [0.15, 0.2) is 36.4 Å². The Hall–Kier alpha value is -2.38. The van der Waals surface area contributed by atoms with Crippen molar-refractivity contribution in [1.82, 2.24) is 10.8 Å². The van der Waals surface area contributed by atoms with E-state index in [2.05, 4.69) is 5.32 Å². The molecule has 0 aliphatic carbocycles. The molecule has 0 bridgehead atoms. The summed E-state index contributed by atoms with van der Waals surface area (Å²) in [5.41, 5.74) is 2.65. The molecule has 3 N–H and O–H groups in total. The van der Waals surface area contributed by atoms with E-state index in [4.69, 9.17) is 9.94 Å². The Morgan fingerprint density at radius 2 is 1.84 bits per heavy atom. The normalized spacial score (nSPS) is 10.3. The first kappa shape index (κ1) is 19.0. The van der Waals surface area contributed by atoms with Gasteiger partial charge >= 0.3 is 0 Å². The maximum absolute atomic E-state index is 12.2. The van der Waals surface area contributed by atoms with Gasteiger partial charge in [-0.25, -0.2) is 5.48 Å². The molecule has 0 spiro atoms. The van der Waals surface area contributed by atoms with Gasteiger partial charge in [-0.05, 0) is 54.8 Å². The minimum absolute atomic E-state index is 0.0853. The summed E-state index contributed by atoms with van der Waals surface area (Å²) in [6.45, 7) is 0.565. The van der Waals surface area contributed by atoms with Crippen molar-refractivity contribution in [1.29, 1.82) is 0 Å². The molecule has 0 radical (unpaired) electrons. The number of carbonyl (C=O) groups is 2. The highest BCUT2D eigenvalue weighted by molar-refractivity contribution is 7.17. The van der Waals surface area contributed by atoms with Gasteiger partial charge in [0.15, 0.2) is 0 Å². The highest BCUT2D eigenvalue weighted by atomic mass is 32.1. The SMILES string of the molecule is COc1ccc(-c2ccc(C(=O)NCCCCCC(=O)NO)s2)cc1. The quantitative estimate of drug-likeness (QED) is 0.363. The summed E-state index contributed by atoms with van der Waals surface area (Å²) in [4.78, 5) is 24.7. The van der Waals surface area contributed by atoms with Crippen molar-refractivity contribution in [2.24, 2.45) is 0 Å². The van der Waals surface area contributed by atoms with Gasteiger partial charge in [0, 0.05) is 17.8 Å². The van der Waals surface area contributed by atoms with Crippen molar-refractivity contribution in [2.45, 2.75) is 25.7 Å². The summed E-state index contributed by atoms with van der Waals surface area (Å²) in [7, 11) is 1.63. The van der Waals surface area contributed by atoms with Crippen LogP contribution in [-0.2, 0) is 4.79 Å². The molecule has 0 unspecified atom stereocenters. The molecule has 25 heavy (non-hydrogen) atoms. The van der Waals surface area contributed by atoms with Gasteiger partial charge in [0.05, 0.1) is 12.0 Å². The predicted molar refractivity (Wildman–Crippen MR) is 97.0 cm³/mol. The minimum Gasteiger partial charge on any atom is -0.497 e. The van der Waals surface area contributed by atoms with E-state index in [1.165, 1.54) is 11.3 Å². The van der Waals surface area contributed by atoms with Crippen LogP contribution in [-0.4, -0.2) is 30.7 Å². The van der Waals surface area contributed by atoms with Crippen LogP contribution >= 0.6 is 11.3 Å². The van der Waals surface area contributed by atoms with Crippen molar-refractivity contribution in [3.05, 3.63) is 41.3 Å². The van der Waals surface area contributed by atoms with E-state index in [0.29, 0.717) is 24.3 Å². The van der Waals surface area contributed by atoms with Gasteiger partial charge in [0.2, 0.25) is 5.91 Å². The van der Waals surface area contributed by atoms with Crippen LogP contribution in [0.2, 0.25) is 0 Å². The molecule has 0 aliphatic heterocycles. The Morgan fingerprint density at radius 1 is 1.08 bits per heavy atom. The van der Waals surface area contributed by atoms with Gasteiger partial charge in [-0.2, -0.15) is 0 Å². The van der Waals surface area contributed by atoms with Crippen LogP contribution in [0.1, 0.15) is 35.4 Å². The molecule has 6 nitrogen and oxygen atoms in total. The standard InChI is InChI=1S/C18H22N2O4S/c1-24-14-8-6-13(7-9-14)15-10-11-16(25-15)18(22)19-12-4-2-3-5-17(21)20-23/h6-11,23H,2-5,12H2,1H3,(H,19,22)(H,20,21). The minimum atomic E-state index is -0.381. The largest absolute Gasteiger partial charge is 0.497 e. The molecule has 1 aromatic heterocycles. The third kappa shape index (κ3) is 5.88. The van der Waals surface area contributed by atoms with Crippen molar-refractivity contribution in [3.63, 3.8) is 0 Å². The number of benzene rings is 1. The number of methoxy groups -OCH3 is 1. The molecular formula is C18H22N2O4S. The molecule has 134 valence electrons. The van der Waals surface area contributed by atoms with E-state index in [1.807, 2.05) is 36.4 Å². The number of thiophene rings is 1. The Labute approximate surface area is 150 Å². The van der Waals surface area contributed by atoms with Crippen molar-refractivity contribution >= 4 is 23.2 Å². The molecule has 7 heteroatoms. The fourth-order valence-corrected chi connectivity index (χ4v) is 3.23. The van der Waals surface area contributed by atoms with Gasteiger partial charge in [0.1, 0.15) is 5.75 Å². The number of hydroxylamine groups is 1. The van der Waals surface area contributed by atoms with Crippen LogP contribution < -0.4 is 15.5 Å². The number of hydrogen-bond donors (Lipinski definition) is 3. The van der Waals surface area contributed by atoms with E-state index in [-0.39, 0.29) is 11.8 Å². The zero-order valence-electron chi connectivity index (χ0n) is 14.1. The van der Waals surface area contributed by atoms with E-state index >= 15 is 0 Å². The maximum Gasteiger partial charge on any atom is 0.261 e. The molecule has 0 aliphatic rings. The highest BCUT2D eigenvalue weighted by Gasteiger charge is 2.10. The van der Waals surface area contributed by atoms with Gasteiger partial charge < -0.3 is 10.1 Å².